The van der Waals surface area contributed by atoms with Crippen molar-refractivity contribution in [3.8, 4) is 11.5 Å². The van der Waals surface area contributed by atoms with E-state index in [2.05, 4.69) is 0 Å². The van der Waals surface area contributed by atoms with E-state index in [1.165, 1.54) is 0 Å². The summed E-state index contributed by atoms with van der Waals surface area (Å²) in [6, 6.07) is 7.29. The Labute approximate surface area is 141 Å². The number of ether oxygens (including phenoxy) is 2. The predicted molar refractivity (Wildman–Crippen MR) is 87.1 cm³/mol. The van der Waals surface area contributed by atoms with Gasteiger partial charge in [-0.05, 0) is 43.7 Å². The van der Waals surface area contributed by atoms with Gasteiger partial charge in [-0.2, -0.15) is 0 Å². The number of likely N-dealkylation sites (tertiary alicyclic amines) is 1. The van der Waals surface area contributed by atoms with E-state index in [0.29, 0.717) is 31.2 Å². The van der Waals surface area contributed by atoms with Gasteiger partial charge in [-0.3, -0.25) is 9.59 Å². The number of hydrogen-bond donors (Lipinski definition) is 1. The number of piperidine rings is 1. The first-order chi connectivity index (χ1) is 11.6. The Balaban J connectivity index is 1.50. The predicted octanol–water partition coefficient (Wildman–Crippen LogP) is 2.18. The first kappa shape index (κ1) is 16.6. The van der Waals surface area contributed by atoms with Crippen LogP contribution in [0.2, 0.25) is 0 Å². The second-order valence-electron chi connectivity index (χ2n) is 6.51. The lowest BCUT2D eigenvalue weighted by Gasteiger charge is -2.32. The van der Waals surface area contributed by atoms with Gasteiger partial charge in [0.2, 0.25) is 0 Å². The maximum atomic E-state index is 12.3. The number of aliphatic carboxylic acids is 1. The second kappa shape index (κ2) is 6.71. The molecule has 1 aromatic rings. The fourth-order valence-electron chi connectivity index (χ4n) is 3.53. The van der Waals surface area contributed by atoms with Crippen LogP contribution < -0.4 is 9.47 Å². The third-order valence-corrected chi connectivity index (χ3v) is 5.10. The van der Waals surface area contributed by atoms with Crippen molar-refractivity contribution in [1.29, 1.82) is 0 Å². The number of amides is 1. The van der Waals surface area contributed by atoms with E-state index in [0.717, 1.165) is 19.3 Å². The highest BCUT2D eigenvalue weighted by Crippen LogP contribution is 2.59. The fraction of sp³-hybridized carbons (Fsp3) is 0.556. The topological polar surface area (TPSA) is 76.1 Å². The van der Waals surface area contributed by atoms with Crippen LogP contribution >= 0.6 is 0 Å². The number of para-hydroxylation sites is 2. The smallest absolute Gasteiger partial charge is 0.307 e. The van der Waals surface area contributed by atoms with Crippen molar-refractivity contribution < 1.29 is 24.2 Å². The SMILES string of the molecule is CCOc1ccccc1OCC(=O)N1CCC2(CC1)CC2C(=O)O. The second-order valence-corrected chi connectivity index (χ2v) is 6.51. The fourth-order valence-corrected chi connectivity index (χ4v) is 3.53. The molecule has 1 atom stereocenters. The molecule has 3 rings (SSSR count). The van der Waals surface area contributed by atoms with E-state index >= 15 is 0 Å². The van der Waals surface area contributed by atoms with Gasteiger partial charge in [0, 0.05) is 13.1 Å². The van der Waals surface area contributed by atoms with Gasteiger partial charge in [0.1, 0.15) is 0 Å². The van der Waals surface area contributed by atoms with Gasteiger partial charge in [0.05, 0.1) is 12.5 Å². The summed E-state index contributed by atoms with van der Waals surface area (Å²) in [5.74, 6) is 0.209. The van der Waals surface area contributed by atoms with E-state index < -0.39 is 5.97 Å². The minimum Gasteiger partial charge on any atom is -0.490 e. The molecule has 1 aliphatic heterocycles. The third-order valence-electron chi connectivity index (χ3n) is 5.10. The van der Waals surface area contributed by atoms with Crippen LogP contribution in [0.3, 0.4) is 0 Å². The van der Waals surface area contributed by atoms with Gasteiger partial charge < -0.3 is 19.5 Å². The number of benzene rings is 1. The highest BCUT2D eigenvalue weighted by Gasteiger charge is 2.59. The number of carboxylic acid groups (broad SMARTS) is 1. The van der Waals surface area contributed by atoms with Crippen LogP contribution in [0.1, 0.15) is 26.2 Å². The Morgan fingerprint density at radius 1 is 1.21 bits per heavy atom. The van der Waals surface area contributed by atoms with E-state index in [-0.39, 0.29) is 23.8 Å². The molecule has 2 fully saturated rings. The summed E-state index contributed by atoms with van der Waals surface area (Å²) in [5.41, 5.74) is -0.0644. The molecule has 1 saturated carbocycles. The molecule has 24 heavy (non-hydrogen) atoms. The number of nitrogens with zero attached hydrogens (tertiary/aromatic N) is 1. The molecule has 2 aliphatic rings. The molecular weight excluding hydrogens is 310 g/mol. The van der Waals surface area contributed by atoms with E-state index in [4.69, 9.17) is 14.6 Å². The summed E-state index contributed by atoms with van der Waals surface area (Å²) in [5, 5.41) is 9.11. The third kappa shape index (κ3) is 3.32. The zero-order valence-corrected chi connectivity index (χ0v) is 13.9. The van der Waals surface area contributed by atoms with Gasteiger partial charge in [0.15, 0.2) is 18.1 Å². The minimum absolute atomic E-state index is 0.0283. The average Bonchev–Trinajstić information content (AvgIpc) is 3.28. The van der Waals surface area contributed by atoms with Crippen LogP contribution in [0, 0.1) is 11.3 Å². The largest absolute Gasteiger partial charge is 0.490 e. The molecule has 1 aromatic carbocycles. The maximum Gasteiger partial charge on any atom is 0.307 e. The maximum absolute atomic E-state index is 12.3. The Hall–Kier alpha value is -2.24. The van der Waals surface area contributed by atoms with Gasteiger partial charge in [0.25, 0.3) is 5.91 Å². The molecule has 1 N–H and O–H groups in total. The molecule has 1 heterocycles. The minimum atomic E-state index is -0.703. The van der Waals surface area contributed by atoms with Gasteiger partial charge in [-0.1, -0.05) is 12.1 Å². The molecular formula is C18H23NO5. The molecule has 0 radical (unpaired) electrons. The highest BCUT2D eigenvalue weighted by molar-refractivity contribution is 5.78. The van der Waals surface area contributed by atoms with E-state index in [1.807, 2.05) is 25.1 Å². The number of carboxylic acids is 1. The van der Waals surface area contributed by atoms with Crippen molar-refractivity contribution in [3.63, 3.8) is 0 Å². The van der Waals surface area contributed by atoms with Crippen molar-refractivity contribution in [2.24, 2.45) is 11.3 Å². The Bertz CT molecular complexity index is 622. The molecule has 0 bridgehead atoms. The molecule has 1 unspecified atom stereocenters. The van der Waals surface area contributed by atoms with Crippen LogP contribution in [0.4, 0.5) is 0 Å². The van der Waals surface area contributed by atoms with E-state index in [1.54, 1.807) is 11.0 Å². The summed E-state index contributed by atoms with van der Waals surface area (Å²) in [7, 11) is 0. The molecule has 1 saturated heterocycles. The molecule has 0 aromatic heterocycles. The van der Waals surface area contributed by atoms with Gasteiger partial charge in [-0.15, -0.1) is 0 Å². The normalized spacial score (nSPS) is 21.4. The van der Waals surface area contributed by atoms with Crippen LogP contribution in [0.5, 0.6) is 11.5 Å². The standard InChI is InChI=1S/C18H23NO5/c1-2-23-14-5-3-4-6-15(14)24-12-16(20)19-9-7-18(8-10-19)11-13(18)17(21)22/h3-6,13H,2,7-12H2,1H3,(H,21,22). The zero-order valence-electron chi connectivity index (χ0n) is 13.9. The van der Waals surface area contributed by atoms with Crippen molar-refractivity contribution in [1.82, 2.24) is 4.90 Å². The summed E-state index contributed by atoms with van der Waals surface area (Å²) in [6.07, 6.45) is 2.29. The van der Waals surface area contributed by atoms with Crippen molar-refractivity contribution in [2.75, 3.05) is 26.3 Å². The molecule has 1 spiro atoms. The highest BCUT2D eigenvalue weighted by atomic mass is 16.5. The molecule has 6 heteroatoms. The average molecular weight is 333 g/mol. The number of hydrogen-bond acceptors (Lipinski definition) is 4. The quantitative estimate of drug-likeness (QED) is 0.863. The first-order valence-electron chi connectivity index (χ1n) is 8.41. The lowest BCUT2D eigenvalue weighted by Crippen LogP contribution is -2.42. The number of rotatable bonds is 6. The summed E-state index contributed by atoms with van der Waals surface area (Å²) in [4.78, 5) is 25.2. The number of carbonyl (C=O) groups excluding carboxylic acids is 1. The number of carbonyl (C=O) groups is 2. The van der Waals surface area contributed by atoms with Crippen molar-refractivity contribution in [3.05, 3.63) is 24.3 Å². The Morgan fingerprint density at radius 3 is 2.38 bits per heavy atom. The lowest BCUT2D eigenvalue weighted by molar-refractivity contribution is -0.140. The van der Waals surface area contributed by atoms with Crippen LogP contribution in [-0.2, 0) is 9.59 Å². The molecule has 6 nitrogen and oxygen atoms in total. The molecule has 1 aliphatic carbocycles. The summed E-state index contributed by atoms with van der Waals surface area (Å²) < 4.78 is 11.1. The van der Waals surface area contributed by atoms with Crippen molar-refractivity contribution >= 4 is 11.9 Å². The van der Waals surface area contributed by atoms with Gasteiger partial charge in [-0.25, -0.2) is 0 Å². The van der Waals surface area contributed by atoms with Crippen LogP contribution in [0.25, 0.3) is 0 Å². The first-order valence-corrected chi connectivity index (χ1v) is 8.41. The Kier molecular flexibility index (Phi) is 4.64. The van der Waals surface area contributed by atoms with Crippen molar-refractivity contribution in [2.45, 2.75) is 26.2 Å². The van der Waals surface area contributed by atoms with Crippen LogP contribution in [0.15, 0.2) is 24.3 Å². The molecule has 1 amide bonds. The Morgan fingerprint density at radius 2 is 1.83 bits per heavy atom. The molecule has 130 valence electrons. The van der Waals surface area contributed by atoms with Crippen LogP contribution in [-0.4, -0.2) is 48.2 Å². The lowest BCUT2D eigenvalue weighted by atomic mass is 9.91. The summed E-state index contributed by atoms with van der Waals surface area (Å²) >= 11 is 0. The van der Waals surface area contributed by atoms with Gasteiger partial charge >= 0.3 is 5.97 Å². The zero-order chi connectivity index (χ0) is 17.2. The summed E-state index contributed by atoms with van der Waals surface area (Å²) in [6.45, 7) is 3.62. The monoisotopic (exact) mass is 333 g/mol. The van der Waals surface area contributed by atoms with E-state index in [9.17, 15) is 9.59 Å².